The number of anilines is 1. The van der Waals surface area contributed by atoms with Crippen molar-refractivity contribution in [1.82, 2.24) is 14.9 Å². The van der Waals surface area contributed by atoms with Gasteiger partial charge in [0, 0.05) is 32.0 Å². The van der Waals surface area contributed by atoms with E-state index in [4.69, 9.17) is 0 Å². The molecule has 0 unspecified atom stereocenters. The van der Waals surface area contributed by atoms with Gasteiger partial charge in [-0.15, -0.1) is 0 Å². The Morgan fingerprint density at radius 1 is 1.24 bits per heavy atom. The molecule has 0 spiro atoms. The first-order chi connectivity index (χ1) is 11.8. The topological polar surface area (TPSA) is 49.3 Å². The molecule has 1 amide bonds. The van der Waals surface area contributed by atoms with Gasteiger partial charge >= 0.3 is 0 Å². The number of benzene rings is 1. The van der Waals surface area contributed by atoms with Crippen molar-refractivity contribution in [2.24, 2.45) is 0 Å². The van der Waals surface area contributed by atoms with Crippen molar-refractivity contribution in [2.75, 3.05) is 25.5 Å². The van der Waals surface area contributed by atoms with Gasteiger partial charge in [-0.1, -0.05) is 0 Å². The van der Waals surface area contributed by atoms with E-state index in [1.165, 1.54) is 17.0 Å². The normalized spacial score (nSPS) is 20.0. The first-order valence-electron chi connectivity index (χ1n) is 8.42. The number of nitrogens with zero attached hydrogens (tertiary/aromatic N) is 4. The van der Waals surface area contributed by atoms with Crippen molar-refractivity contribution in [3.8, 4) is 0 Å². The Hall–Kier alpha value is -2.50. The first kappa shape index (κ1) is 17.3. The minimum atomic E-state index is -0.425. The van der Waals surface area contributed by atoms with Crippen LogP contribution in [-0.2, 0) is 5.54 Å². The summed E-state index contributed by atoms with van der Waals surface area (Å²) in [7, 11) is 3.42. The van der Waals surface area contributed by atoms with E-state index in [2.05, 4.69) is 21.8 Å². The summed E-state index contributed by atoms with van der Waals surface area (Å²) in [6.45, 7) is 4.80. The summed E-state index contributed by atoms with van der Waals surface area (Å²) >= 11 is 0. The molecule has 0 N–H and O–H groups in total. The lowest BCUT2D eigenvalue weighted by Gasteiger charge is -2.36. The molecular weight excluding hydrogens is 319 g/mol. The summed E-state index contributed by atoms with van der Waals surface area (Å²) in [5, 5.41) is 0. The fourth-order valence-electron chi connectivity index (χ4n) is 3.38. The Labute approximate surface area is 147 Å². The van der Waals surface area contributed by atoms with Gasteiger partial charge in [-0.3, -0.25) is 4.79 Å². The number of carbonyl (C=O) groups excluding carboxylic acids is 1. The average molecular weight is 342 g/mol. The third-order valence-corrected chi connectivity index (χ3v) is 4.74. The van der Waals surface area contributed by atoms with Crippen molar-refractivity contribution in [1.29, 1.82) is 0 Å². The third-order valence-electron chi connectivity index (χ3n) is 4.74. The van der Waals surface area contributed by atoms with Crippen molar-refractivity contribution in [2.45, 2.75) is 32.2 Å². The van der Waals surface area contributed by atoms with Crippen molar-refractivity contribution < 1.29 is 9.18 Å². The second-order valence-corrected chi connectivity index (χ2v) is 6.92. The number of hydrogen-bond acceptors (Lipinski definition) is 4. The highest BCUT2D eigenvalue weighted by atomic mass is 19.1. The van der Waals surface area contributed by atoms with Crippen molar-refractivity contribution in [3.05, 3.63) is 53.4 Å². The van der Waals surface area contributed by atoms with Crippen LogP contribution >= 0.6 is 0 Å². The maximum Gasteiger partial charge on any atom is 0.272 e. The standard InChI is InChI=1S/C19H23FN4O/c1-13-12-16(17(25)23(3)4)22-18(21-13)19(2)10-5-11-24(19)15-8-6-14(20)7-9-15/h6-9,12H,5,10-11H2,1-4H3/t19-/m1/s1. The molecule has 25 heavy (non-hydrogen) atoms. The van der Waals surface area contributed by atoms with Gasteiger partial charge in [0.15, 0.2) is 5.82 Å². The third kappa shape index (κ3) is 3.21. The predicted molar refractivity (Wildman–Crippen MR) is 95.1 cm³/mol. The summed E-state index contributed by atoms with van der Waals surface area (Å²) in [6.07, 6.45) is 1.87. The molecule has 3 rings (SSSR count). The molecule has 2 aromatic rings. The zero-order valence-electron chi connectivity index (χ0n) is 15.1. The van der Waals surface area contributed by atoms with Crippen LogP contribution in [0.15, 0.2) is 30.3 Å². The maximum atomic E-state index is 13.3. The summed E-state index contributed by atoms with van der Waals surface area (Å²) in [5.41, 5.74) is 1.68. The first-order valence-corrected chi connectivity index (χ1v) is 8.42. The lowest BCUT2D eigenvalue weighted by molar-refractivity contribution is 0.0821. The highest BCUT2D eigenvalue weighted by Crippen LogP contribution is 2.40. The fraction of sp³-hybridized carbons (Fsp3) is 0.421. The number of halogens is 1. The van der Waals surface area contributed by atoms with E-state index >= 15 is 0 Å². The predicted octanol–water partition coefficient (Wildman–Crippen LogP) is 3.14. The zero-order chi connectivity index (χ0) is 18.2. The largest absolute Gasteiger partial charge is 0.359 e. The molecular formula is C19H23FN4O. The Kier molecular flexibility index (Phi) is 4.45. The SMILES string of the molecule is Cc1cc(C(=O)N(C)C)nc([C@@]2(C)CCCN2c2ccc(F)cc2)n1. The average Bonchev–Trinajstić information content (AvgIpc) is 2.97. The number of aromatic nitrogens is 2. The number of aryl methyl sites for hydroxylation is 1. The summed E-state index contributed by atoms with van der Waals surface area (Å²) in [5.74, 6) is 0.247. The van der Waals surface area contributed by atoms with Gasteiger partial charge in [-0.2, -0.15) is 0 Å². The highest BCUT2D eigenvalue weighted by Gasteiger charge is 2.41. The second-order valence-electron chi connectivity index (χ2n) is 6.92. The van der Waals surface area contributed by atoms with Gasteiger partial charge < -0.3 is 9.80 Å². The lowest BCUT2D eigenvalue weighted by Crippen LogP contribution is -2.41. The molecule has 0 aliphatic carbocycles. The molecule has 5 nitrogen and oxygen atoms in total. The molecule has 1 aliphatic rings. The van der Waals surface area contributed by atoms with Crippen LogP contribution in [0.2, 0.25) is 0 Å². The van der Waals surface area contributed by atoms with E-state index in [0.717, 1.165) is 30.8 Å². The van der Waals surface area contributed by atoms with Gasteiger partial charge in [0.25, 0.3) is 5.91 Å². The molecule has 0 bridgehead atoms. The molecule has 1 aromatic carbocycles. The van der Waals surface area contributed by atoms with Gasteiger partial charge in [0.05, 0.1) is 5.54 Å². The van der Waals surface area contributed by atoms with E-state index in [-0.39, 0.29) is 11.7 Å². The number of hydrogen-bond donors (Lipinski definition) is 0. The van der Waals surface area contributed by atoms with Crippen LogP contribution in [0.25, 0.3) is 0 Å². The number of amides is 1. The van der Waals surface area contributed by atoms with Crippen LogP contribution < -0.4 is 4.90 Å². The number of rotatable bonds is 3. The monoisotopic (exact) mass is 342 g/mol. The van der Waals surface area contributed by atoms with Crippen LogP contribution in [0, 0.1) is 12.7 Å². The summed E-state index contributed by atoms with van der Waals surface area (Å²) in [4.78, 5) is 25.3. The fourth-order valence-corrected chi connectivity index (χ4v) is 3.38. The van der Waals surface area contributed by atoms with E-state index in [0.29, 0.717) is 11.5 Å². The summed E-state index contributed by atoms with van der Waals surface area (Å²) in [6, 6.07) is 8.20. The molecule has 1 aliphatic heterocycles. The molecule has 6 heteroatoms. The molecule has 1 fully saturated rings. The molecule has 0 radical (unpaired) electrons. The van der Waals surface area contributed by atoms with Gasteiger partial charge in [-0.25, -0.2) is 14.4 Å². The maximum absolute atomic E-state index is 13.3. The number of carbonyl (C=O) groups is 1. The molecule has 132 valence electrons. The van der Waals surface area contributed by atoms with E-state index in [1.54, 1.807) is 32.3 Å². The van der Waals surface area contributed by atoms with Gasteiger partial charge in [0.2, 0.25) is 0 Å². The Balaban J connectivity index is 2.04. The van der Waals surface area contributed by atoms with Crippen molar-refractivity contribution >= 4 is 11.6 Å². The lowest BCUT2D eigenvalue weighted by atomic mass is 9.96. The minimum Gasteiger partial charge on any atom is -0.359 e. The van der Waals surface area contributed by atoms with E-state index in [9.17, 15) is 9.18 Å². The van der Waals surface area contributed by atoms with E-state index < -0.39 is 5.54 Å². The van der Waals surface area contributed by atoms with Crippen molar-refractivity contribution in [3.63, 3.8) is 0 Å². The molecule has 2 heterocycles. The Morgan fingerprint density at radius 3 is 2.56 bits per heavy atom. The Morgan fingerprint density at radius 2 is 1.92 bits per heavy atom. The Bertz CT molecular complexity index is 791. The van der Waals surface area contributed by atoms with Crippen LogP contribution in [0.4, 0.5) is 10.1 Å². The van der Waals surface area contributed by atoms with Gasteiger partial charge in [0.1, 0.15) is 11.5 Å². The zero-order valence-corrected chi connectivity index (χ0v) is 15.1. The minimum absolute atomic E-state index is 0.137. The van der Waals surface area contributed by atoms with E-state index in [1.807, 2.05) is 6.92 Å². The second kappa shape index (κ2) is 6.43. The van der Waals surface area contributed by atoms with Crippen LogP contribution in [-0.4, -0.2) is 41.4 Å². The molecule has 1 atom stereocenters. The van der Waals surface area contributed by atoms with Crippen LogP contribution in [0.3, 0.4) is 0 Å². The quantitative estimate of drug-likeness (QED) is 0.860. The van der Waals surface area contributed by atoms with Crippen LogP contribution in [0.5, 0.6) is 0 Å². The molecule has 1 aromatic heterocycles. The molecule has 0 saturated carbocycles. The summed E-state index contributed by atoms with van der Waals surface area (Å²) < 4.78 is 13.3. The van der Waals surface area contributed by atoms with Gasteiger partial charge in [-0.05, 0) is 57.0 Å². The smallest absolute Gasteiger partial charge is 0.272 e. The van der Waals surface area contributed by atoms with Crippen LogP contribution in [0.1, 0.15) is 41.8 Å². The highest BCUT2D eigenvalue weighted by molar-refractivity contribution is 5.92. The molecule has 1 saturated heterocycles.